The minimum absolute atomic E-state index is 0.0572. The average Bonchev–Trinajstić information content (AvgIpc) is 2.24. The fourth-order valence-electron chi connectivity index (χ4n) is 1.09. The number of ketones is 1. The van der Waals surface area contributed by atoms with Crippen molar-refractivity contribution in [3.05, 3.63) is 35.9 Å². The third-order valence-corrected chi connectivity index (χ3v) is 3.14. The lowest BCUT2D eigenvalue weighted by molar-refractivity contribution is -0.165. The maximum atomic E-state index is 11.9. The summed E-state index contributed by atoms with van der Waals surface area (Å²) in [7, 11) is -3.35. The summed E-state index contributed by atoms with van der Waals surface area (Å²) in [5.74, 6) is -1.96. The second-order valence-electron chi connectivity index (χ2n) is 3.54. The number of halogens is 3. The van der Waals surface area contributed by atoms with Gasteiger partial charge in [0.05, 0.1) is 4.90 Å². The minimum Gasteiger partial charge on any atom is -0.285 e. The first kappa shape index (κ1) is 14.4. The quantitative estimate of drug-likeness (QED) is 0.797. The van der Waals surface area contributed by atoms with E-state index in [1.165, 1.54) is 24.3 Å². The van der Waals surface area contributed by atoms with Gasteiger partial charge in [0.1, 0.15) is 0 Å². The number of allylic oxidation sites excluding steroid dienone is 1. The summed E-state index contributed by atoms with van der Waals surface area (Å²) in [6, 6.07) is 5.15. The summed E-state index contributed by atoms with van der Waals surface area (Å²) in [6.07, 6.45) is -2.51. The predicted molar refractivity (Wildman–Crippen MR) is 59.6 cm³/mol. The monoisotopic (exact) mass is 278 g/mol. The van der Waals surface area contributed by atoms with Crippen LogP contribution in [0.3, 0.4) is 0 Å². The van der Waals surface area contributed by atoms with Gasteiger partial charge in [-0.15, -0.1) is 0 Å². The van der Waals surface area contributed by atoms with Crippen LogP contribution in [0.5, 0.6) is 0 Å². The fourth-order valence-corrected chi connectivity index (χ4v) is 1.72. The molecule has 0 unspecified atom stereocenters. The van der Waals surface area contributed by atoms with E-state index in [1.54, 1.807) is 0 Å². The zero-order chi connectivity index (χ0) is 14.0. The SMILES string of the molecule is CS(=O)(=O)c1ccc(C=CC(=O)C(F)(F)F)cc1. The number of carbonyl (C=O) groups is 1. The summed E-state index contributed by atoms with van der Waals surface area (Å²) in [5, 5.41) is 0. The van der Waals surface area contributed by atoms with Gasteiger partial charge < -0.3 is 0 Å². The van der Waals surface area contributed by atoms with E-state index in [-0.39, 0.29) is 4.90 Å². The maximum Gasteiger partial charge on any atom is 0.454 e. The van der Waals surface area contributed by atoms with Crippen LogP contribution in [0.15, 0.2) is 35.2 Å². The van der Waals surface area contributed by atoms with Gasteiger partial charge in [-0.25, -0.2) is 8.42 Å². The van der Waals surface area contributed by atoms with E-state index in [4.69, 9.17) is 0 Å². The first-order chi connectivity index (χ1) is 8.10. The summed E-state index contributed by atoms with van der Waals surface area (Å²) in [5.41, 5.74) is 0.306. The highest BCUT2D eigenvalue weighted by molar-refractivity contribution is 7.90. The molecule has 0 saturated heterocycles. The van der Waals surface area contributed by atoms with Crippen LogP contribution < -0.4 is 0 Å². The van der Waals surface area contributed by atoms with Crippen molar-refractivity contribution in [2.75, 3.05) is 6.26 Å². The largest absolute Gasteiger partial charge is 0.454 e. The van der Waals surface area contributed by atoms with E-state index in [1.807, 2.05) is 0 Å². The molecule has 0 aliphatic rings. The molecule has 0 atom stereocenters. The van der Waals surface area contributed by atoms with Crippen molar-refractivity contribution in [2.24, 2.45) is 0 Å². The number of carbonyl (C=O) groups excluding carboxylic acids is 1. The zero-order valence-corrected chi connectivity index (χ0v) is 10.0. The van der Waals surface area contributed by atoms with Crippen LogP contribution in [0.2, 0.25) is 0 Å². The van der Waals surface area contributed by atoms with Crippen molar-refractivity contribution in [2.45, 2.75) is 11.1 Å². The molecule has 0 aromatic heterocycles. The molecule has 7 heteroatoms. The van der Waals surface area contributed by atoms with Crippen molar-refractivity contribution in [3.8, 4) is 0 Å². The maximum absolute atomic E-state index is 11.9. The number of sulfone groups is 1. The molecule has 0 N–H and O–H groups in total. The lowest BCUT2D eigenvalue weighted by atomic mass is 10.2. The highest BCUT2D eigenvalue weighted by Gasteiger charge is 2.35. The molecule has 0 fully saturated rings. The highest BCUT2D eigenvalue weighted by Crippen LogP contribution is 2.17. The molecule has 0 bridgehead atoms. The van der Waals surface area contributed by atoms with Crippen molar-refractivity contribution in [3.63, 3.8) is 0 Å². The standard InChI is InChI=1S/C11H9F3O3S/c1-18(16,17)9-5-2-8(3-6-9)4-7-10(15)11(12,13)14/h2-7H,1H3. The summed E-state index contributed by atoms with van der Waals surface area (Å²) in [6.45, 7) is 0. The topological polar surface area (TPSA) is 51.2 Å². The Morgan fingerprint density at radius 1 is 1.17 bits per heavy atom. The Morgan fingerprint density at radius 3 is 2.06 bits per heavy atom. The van der Waals surface area contributed by atoms with E-state index in [0.29, 0.717) is 11.6 Å². The molecule has 0 heterocycles. The van der Waals surface area contributed by atoms with Gasteiger partial charge >= 0.3 is 6.18 Å². The van der Waals surface area contributed by atoms with E-state index in [0.717, 1.165) is 12.3 Å². The van der Waals surface area contributed by atoms with E-state index < -0.39 is 21.8 Å². The number of alkyl halides is 3. The molecule has 1 rings (SSSR count). The van der Waals surface area contributed by atoms with Crippen molar-refractivity contribution in [1.82, 2.24) is 0 Å². The van der Waals surface area contributed by atoms with Gasteiger partial charge in [-0.05, 0) is 23.8 Å². The molecule has 1 aromatic carbocycles. The Hall–Kier alpha value is -1.63. The van der Waals surface area contributed by atoms with Gasteiger partial charge in [-0.1, -0.05) is 18.2 Å². The summed E-state index contributed by atoms with van der Waals surface area (Å²) in [4.78, 5) is 10.6. The lowest BCUT2D eigenvalue weighted by Crippen LogP contribution is -2.19. The Kier molecular flexibility index (Phi) is 3.95. The van der Waals surface area contributed by atoms with Gasteiger partial charge in [0.15, 0.2) is 9.84 Å². The van der Waals surface area contributed by atoms with Crippen LogP contribution in [0.1, 0.15) is 5.56 Å². The van der Waals surface area contributed by atoms with Gasteiger partial charge in [0.2, 0.25) is 0 Å². The number of hydrogen-bond acceptors (Lipinski definition) is 3. The molecule has 0 amide bonds. The molecule has 0 saturated carbocycles. The second-order valence-corrected chi connectivity index (χ2v) is 5.55. The Balaban J connectivity index is 2.89. The number of rotatable bonds is 3. The van der Waals surface area contributed by atoms with Crippen LogP contribution in [0.4, 0.5) is 13.2 Å². The molecular weight excluding hydrogens is 269 g/mol. The summed E-state index contributed by atoms with van der Waals surface area (Å²) < 4.78 is 57.9. The van der Waals surface area contributed by atoms with E-state index in [2.05, 4.69) is 0 Å². The van der Waals surface area contributed by atoms with Crippen molar-refractivity contribution >= 4 is 21.7 Å². The minimum atomic E-state index is -4.90. The normalized spacial score (nSPS) is 12.9. The summed E-state index contributed by atoms with van der Waals surface area (Å²) >= 11 is 0. The van der Waals surface area contributed by atoms with E-state index >= 15 is 0 Å². The van der Waals surface area contributed by atoms with Gasteiger partial charge in [-0.3, -0.25) is 4.79 Å². The fraction of sp³-hybridized carbons (Fsp3) is 0.182. The third kappa shape index (κ3) is 3.99. The van der Waals surface area contributed by atoms with Crippen molar-refractivity contribution < 1.29 is 26.4 Å². The van der Waals surface area contributed by atoms with Crippen LogP contribution >= 0.6 is 0 Å². The average molecular weight is 278 g/mol. The van der Waals surface area contributed by atoms with Crippen molar-refractivity contribution in [1.29, 1.82) is 0 Å². The van der Waals surface area contributed by atoms with Crippen LogP contribution in [-0.4, -0.2) is 26.6 Å². The Bertz CT molecular complexity index is 569. The number of benzene rings is 1. The van der Waals surface area contributed by atoms with Crippen LogP contribution in [-0.2, 0) is 14.6 Å². The third-order valence-electron chi connectivity index (χ3n) is 2.01. The Labute approximate surface area is 102 Å². The molecule has 0 aliphatic carbocycles. The Morgan fingerprint density at radius 2 is 1.67 bits per heavy atom. The molecule has 0 aliphatic heterocycles. The molecule has 1 aromatic rings. The lowest BCUT2D eigenvalue weighted by Gasteiger charge is -2.00. The molecule has 18 heavy (non-hydrogen) atoms. The predicted octanol–water partition coefficient (Wildman–Crippen LogP) is 2.23. The molecule has 3 nitrogen and oxygen atoms in total. The van der Waals surface area contributed by atoms with Gasteiger partial charge in [-0.2, -0.15) is 13.2 Å². The molecule has 98 valence electrons. The van der Waals surface area contributed by atoms with Crippen LogP contribution in [0.25, 0.3) is 6.08 Å². The van der Waals surface area contributed by atoms with Gasteiger partial charge in [0, 0.05) is 6.26 Å². The molecular formula is C11H9F3O3S. The second kappa shape index (κ2) is 4.93. The first-order valence-electron chi connectivity index (χ1n) is 4.70. The van der Waals surface area contributed by atoms with Gasteiger partial charge in [0.25, 0.3) is 5.78 Å². The molecule has 0 spiro atoms. The van der Waals surface area contributed by atoms with E-state index in [9.17, 15) is 26.4 Å². The number of hydrogen-bond donors (Lipinski definition) is 0. The zero-order valence-electron chi connectivity index (χ0n) is 9.23. The first-order valence-corrected chi connectivity index (χ1v) is 6.59. The smallest absolute Gasteiger partial charge is 0.285 e. The molecule has 0 radical (unpaired) electrons. The van der Waals surface area contributed by atoms with Crippen LogP contribution in [0, 0.1) is 0 Å². The highest BCUT2D eigenvalue weighted by atomic mass is 32.2.